The molecule has 0 aromatic rings. The summed E-state index contributed by atoms with van der Waals surface area (Å²) in [4.78, 5) is 2.51. The molecule has 2 atom stereocenters. The van der Waals surface area contributed by atoms with Crippen LogP contribution in [0.3, 0.4) is 0 Å². The summed E-state index contributed by atoms with van der Waals surface area (Å²) in [6, 6.07) is 1.27. The lowest BCUT2D eigenvalue weighted by molar-refractivity contribution is 0.113. The first-order valence-corrected chi connectivity index (χ1v) is 5.74. The normalized spacial score (nSPS) is 25.5. The van der Waals surface area contributed by atoms with E-state index in [9.17, 15) is 0 Å². The van der Waals surface area contributed by atoms with Gasteiger partial charge in [-0.25, -0.2) is 0 Å². The SMILES string of the molecule is CCCNC1CCN(C(C)COC)C1. The Balaban J connectivity index is 2.19. The summed E-state index contributed by atoms with van der Waals surface area (Å²) < 4.78 is 5.17. The number of ether oxygens (including phenoxy) is 1. The van der Waals surface area contributed by atoms with E-state index in [4.69, 9.17) is 4.74 Å². The first-order valence-electron chi connectivity index (χ1n) is 5.74. The minimum absolute atomic E-state index is 0.563. The predicted molar refractivity (Wildman–Crippen MR) is 59.6 cm³/mol. The van der Waals surface area contributed by atoms with Crippen LogP contribution in [0.2, 0.25) is 0 Å². The Morgan fingerprint density at radius 3 is 3.00 bits per heavy atom. The topological polar surface area (TPSA) is 24.5 Å². The minimum Gasteiger partial charge on any atom is -0.383 e. The second-order valence-corrected chi connectivity index (χ2v) is 4.24. The van der Waals surface area contributed by atoms with Crippen molar-refractivity contribution in [3.05, 3.63) is 0 Å². The second kappa shape index (κ2) is 6.38. The standard InChI is InChI=1S/C11H24N2O/c1-4-6-12-11-5-7-13(8-11)10(2)9-14-3/h10-12H,4-9H2,1-3H3. The molecule has 1 saturated heterocycles. The van der Waals surface area contributed by atoms with Crippen LogP contribution in [0, 0.1) is 0 Å². The molecule has 0 aliphatic carbocycles. The van der Waals surface area contributed by atoms with E-state index in [1.165, 1.54) is 25.9 Å². The highest BCUT2D eigenvalue weighted by atomic mass is 16.5. The minimum atomic E-state index is 0.563. The summed E-state index contributed by atoms with van der Waals surface area (Å²) in [6.07, 6.45) is 2.51. The smallest absolute Gasteiger partial charge is 0.0615 e. The third kappa shape index (κ3) is 3.56. The molecule has 3 heteroatoms. The third-order valence-corrected chi connectivity index (χ3v) is 2.93. The van der Waals surface area contributed by atoms with Crippen molar-refractivity contribution in [2.24, 2.45) is 0 Å². The number of methoxy groups -OCH3 is 1. The molecule has 0 saturated carbocycles. The van der Waals surface area contributed by atoms with Crippen LogP contribution in [0.25, 0.3) is 0 Å². The molecule has 14 heavy (non-hydrogen) atoms. The van der Waals surface area contributed by atoms with E-state index in [0.717, 1.165) is 13.2 Å². The van der Waals surface area contributed by atoms with Crippen LogP contribution in [-0.4, -0.2) is 50.3 Å². The zero-order chi connectivity index (χ0) is 10.4. The van der Waals surface area contributed by atoms with Gasteiger partial charge in [0.15, 0.2) is 0 Å². The van der Waals surface area contributed by atoms with Crippen LogP contribution in [0.15, 0.2) is 0 Å². The van der Waals surface area contributed by atoms with Crippen LogP contribution in [-0.2, 0) is 4.74 Å². The summed E-state index contributed by atoms with van der Waals surface area (Å²) in [5, 5.41) is 3.58. The van der Waals surface area contributed by atoms with Crippen LogP contribution in [0.5, 0.6) is 0 Å². The van der Waals surface area contributed by atoms with Crippen molar-refractivity contribution in [3.63, 3.8) is 0 Å². The van der Waals surface area contributed by atoms with Crippen molar-refractivity contribution in [1.29, 1.82) is 0 Å². The summed E-state index contributed by atoms with van der Waals surface area (Å²) in [7, 11) is 1.78. The van der Waals surface area contributed by atoms with Crippen molar-refractivity contribution < 1.29 is 4.74 Å². The third-order valence-electron chi connectivity index (χ3n) is 2.93. The van der Waals surface area contributed by atoms with Crippen molar-refractivity contribution in [3.8, 4) is 0 Å². The van der Waals surface area contributed by atoms with Gasteiger partial charge in [0.2, 0.25) is 0 Å². The fourth-order valence-electron chi connectivity index (χ4n) is 2.05. The highest BCUT2D eigenvalue weighted by molar-refractivity contribution is 4.83. The predicted octanol–water partition coefficient (Wildman–Crippen LogP) is 1.10. The van der Waals surface area contributed by atoms with Crippen LogP contribution < -0.4 is 5.32 Å². The van der Waals surface area contributed by atoms with Gasteiger partial charge in [-0.3, -0.25) is 4.90 Å². The molecule has 1 aliphatic rings. The van der Waals surface area contributed by atoms with E-state index in [1.54, 1.807) is 7.11 Å². The van der Waals surface area contributed by atoms with Gasteiger partial charge < -0.3 is 10.1 Å². The maximum Gasteiger partial charge on any atom is 0.0615 e. The maximum absolute atomic E-state index is 5.17. The molecule has 0 spiro atoms. The Hall–Kier alpha value is -0.120. The van der Waals surface area contributed by atoms with Gasteiger partial charge in [-0.1, -0.05) is 6.92 Å². The first-order chi connectivity index (χ1) is 6.77. The largest absolute Gasteiger partial charge is 0.383 e. The Kier molecular flexibility index (Phi) is 5.45. The molecular formula is C11H24N2O. The summed E-state index contributed by atoms with van der Waals surface area (Å²) in [5.74, 6) is 0. The van der Waals surface area contributed by atoms with E-state index in [0.29, 0.717) is 12.1 Å². The molecule has 1 N–H and O–H groups in total. The van der Waals surface area contributed by atoms with Gasteiger partial charge in [0, 0.05) is 32.3 Å². The van der Waals surface area contributed by atoms with E-state index >= 15 is 0 Å². The molecule has 1 rings (SSSR count). The molecule has 0 bridgehead atoms. The van der Waals surface area contributed by atoms with Crippen molar-refractivity contribution in [2.75, 3.05) is 33.4 Å². The van der Waals surface area contributed by atoms with Crippen LogP contribution >= 0.6 is 0 Å². The molecule has 0 aromatic heterocycles. The molecule has 0 radical (unpaired) electrons. The van der Waals surface area contributed by atoms with Gasteiger partial charge in [0.1, 0.15) is 0 Å². The quantitative estimate of drug-likeness (QED) is 0.695. The Bertz CT molecular complexity index is 152. The molecule has 1 heterocycles. The molecule has 84 valence electrons. The highest BCUT2D eigenvalue weighted by Crippen LogP contribution is 2.12. The highest BCUT2D eigenvalue weighted by Gasteiger charge is 2.24. The number of nitrogens with zero attached hydrogens (tertiary/aromatic N) is 1. The van der Waals surface area contributed by atoms with Gasteiger partial charge in [0.25, 0.3) is 0 Å². The number of hydrogen-bond donors (Lipinski definition) is 1. The average Bonchev–Trinajstić information content (AvgIpc) is 2.63. The molecule has 0 aromatic carbocycles. The number of hydrogen-bond acceptors (Lipinski definition) is 3. The fraction of sp³-hybridized carbons (Fsp3) is 1.00. The van der Waals surface area contributed by atoms with Crippen molar-refractivity contribution in [1.82, 2.24) is 10.2 Å². The van der Waals surface area contributed by atoms with Crippen molar-refractivity contribution in [2.45, 2.75) is 38.8 Å². The van der Waals surface area contributed by atoms with Gasteiger partial charge in [-0.2, -0.15) is 0 Å². The molecule has 2 unspecified atom stereocenters. The van der Waals surface area contributed by atoms with E-state index in [1.807, 2.05) is 0 Å². The maximum atomic E-state index is 5.17. The van der Waals surface area contributed by atoms with Gasteiger partial charge >= 0.3 is 0 Å². The Morgan fingerprint density at radius 2 is 2.36 bits per heavy atom. The van der Waals surface area contributed by atoms with Gasteiger partial charge in [0.05, 0.1) is 6.61 Å². The molecule has 3 nitrogen and oxygen atoms in total. The number of rotatable bonds is 6. The Morgan fingerprint density at radius 1 is 1.57 bits per heavy atom. The zero-order valence-corrected chi connectivity index (χ0v) is 9.75. The van der Waals surface area contributed by atoms with Crippen LogP contribution in [0.1, 0.15) is 26.7 Å². The number of likely N-dealkylation sites (tertiary alicyclic amines) is 1. The van der Waals surface area contributed by atoms with E-state index < -0.39 is 0 Å². The van der Waals surface area contributed by atoms with Gasteiger partial charge in [-0.05, 0) is 26.3 Å². The average molecular weight is 200 g/mol. The van der Waals surface area contributed by atoms with E-state index in [-0.39, 0.29) is 0 Å². The Labute approximate surface area is 87.8 Å². The number of nitrogens with one attached hydrogen (secondary N) is 1. The lowest BCUT2D eigenvalue weighted by Crippen LogP contribution is -2.38. The lowest BCUT2D eigenvalue weighted by Gasteiger charge is -2.23. The molecule has 1 aliphatic heterocycles. The van der Waals surface area contributed by atoms with Crippen molar-refractivity contribution >= 4 is 0 Å². The lowest BCUT2D eigenvalue weighted by atomic mass is 10.2. The zero-order valence-electron chi connectivity index (χ0n) is 9.75. The van der Waals surface area contributed by atoms with Crippen LogP contribution in [0.4, 0.5) is 0 Å². The summed E-state index contributed by atoms with van der Waals surface area (Å²) in [6.45, 7) is 8.85. The molecular weight excluding hydrogens is 176 g/mol. The van der Waals surface area contributed by atoms with E-state index in [2.05, 4.69) is 24.1 Å². The molecule has 1 fully saturated rings. The monoisotopic (exact) mass is 200 g/mol. The molecule has 0 amide bonds. The van der Waals surface area contributed by atoms with Gasteiger partial charge in [-0.15, -0.1) is 0 Å². The summed E-state index contributed by atoms with van der Waals surface area (Å²) >= 11 is 0. The summed E-state index contributed by atoms with van der Waals surface area (Å²) in [5.41, 5.74) is 0. The second-order valence-electron chi connectivity index (χ2n) is 4.24. The first kappa shape index (κ1) is 12.0. The fourth-order valence-corrected chi connectivity index (χ4v) is 2.05.